The quantitative estimate of drug-likeness (QED) is 0.170. The maximum absolute atomic E-state index is 6.56. The first-order chi connectivity index (χ1) is 24.9. The number of hydrogen-bond donors (Lipinski definition) is 0. The lowest BCUT2D eigenvalue weighted by Crippen LogP contribution is -2.39. The summed E-state index contributed by atoms with van der Waals surface area (Å²) < 4.78 is 29.6. The molecule has 0 bridgehead atoms. The fourth-order valence-electron chi connectivity index (χ4n) is 6.55. The van der Waals surface area contributed by atoms with E-state index in [4.69, 9.17) is 28.8 Å². The Labute approximate surface area is 295 Å². The van der Waals surface area contributed by atoms with Gasteiger partial charge in [0.05, 0.1) is 11.0 Å². The molecule has 0 amide bonds. The largest absolute Gasteiger partial charge is 0.744 e. The third-order valence-electron chi connectivity index (χ3n) is 9.08. The fourth-order valence-corrected chi connectivity index (χ4v) is 6.55. The van der Waals surface area contributed by atoms with Gasteiger partial charge >= 0.3 is 7.25 Å². The van der Waals surface area contributed by atoms with Crippen molar-refractivity contribution in [2.45, 2.75) is 26.2 Å². The van der Waals surface area contributed by atoms with Crippen molar-refractivity contribution < 1.29 is 18.8 Å². The number of hydrogen-bond acceptors (Lipinski definition) is 6. The van der Waals surface area contributed by atoms with Gasteiger partial charge in [0.2, 0.25) is 0 Å². The Morgan fingerprint density at radius 3 is 2.06 bits per heavy atom. The number of benzene rings is 5. The number of fused-ring (bicyclic) bond motifs is 5. The van der Waals surface area contributed by atoms with Crippen LogP contribution >= 0.6 is 0 Å². The summed E-state index contributed by atoms with van der Waals surface area (Å²) in [5.74, 6) is 5.22. The van der Waals surface area contributed by atoms with E-state index in [2.05, 4.69) is 73.9 Å². The molecule has 0 atom stereocenters. The summed E-state index contributed by atoms with van der Waals surface area (Å²) in [6, 6.07) is 41.9. The molecule has 5 aromatic carbocycles. The Balaban J connectivity index is 1.07. The lowest BCUT2D eigenvalue weighted by atomic mass is 9.88. The van der Waals surface area contributed by atoms with Gasteiger partial charge in [-0.05, 0) is 77.7 Å². The van der Waals surface area contributed by atoms with Crippen molar-refractivity contribution in [3.8, 4) is 51.7 Å². The van der Waals surface area contributed by atoms with E-state index in [1.54, 1.807) is 6.20 Å². The summed E-state index contributed by atoms with van der Waals surface area (Å²) in [5.41, 5.74) is 4.15. The highest BCUT2D eigenvalue weighted by atomic mass is 16.6. The van der Waals surface area contributed by atoms with Crippen molar-refractivity contribution in [2.24, 2.45) is 0 Å². The van der Waals surface area contributed by atoms with Crippen LogP contribution in [0.1, 0.15) is 26.3 Å². The van der Waals surface area contributed by atoms with Gasteiger partial charge in [-0.3, -0.25) is 9.05 Å². The first-order valence-electron chi connectivity index (χ1n) is 16.9. The van der Waals surface area contributed by atoms with Gasteiger partial charge in [0.1, 0.15) is 34.6 Å². The van der Waals surface area contributed by atoms with Gasteiger partial charge in [-0.1, -0.05) is 75.4 Å². The third kappa shape index (κ3) is 5.62. The highest BCUT2D eigenvalue weighted by molar-refractivity contribution is 6.45. The standard InChI is InChI=1S/C42H33BN4O4/c1-42(2,3)29-21-22-44-40(26-29)47-34-14-5-4-13-32(34)33-20-19-31(27-35(33)47)48-30-12-10-11-28(25-30)41-45-23-24-46(41)43-50-38-17-8-6-15-36(38)49-37-16-7-9-18-39(37)51-43/h4-27H,1-3H3. The molecule has 0 aliphatic carbocycles. The number of pyridine rings is 1. The number of aromatic nitrogens is 4. The third-order valence-corrected chi connectivity index (χ3v) is 9.08. The Kier molecular flexibility index (Phi) is 7.28. The Bertz CT molecular complexity index is 2520. The Hall–Kier alpha value is -6.48. The number of imidazole rings is 1. The van der Waals surface area contributed by atoms with Gasteiger partial charge in [0, 0.05) is 41.0 Å². The molecule has 0 fully saturated rings. The van der Waals surface area contributed by atoms with Gasteiger partial charge in [0.15, 0.2) is 11.5 Å². The second-order valence-corrected chi connectivity index (χ2v) is 13.5. The molecule has 4 heterocycles. The molecule has 51 heavy (non-hydrogen) atoms. The van der Waals surface area contributed by atoms with Crippen molar-refractivity contribution in [1.82, 2.24) is 19.0 Å². The number of nitrogens with zero attached hydrogens (tertiary/aromatic N) is 4. The predicted molar refractivity (Wildman–Crippen MR) is 200 cm³/mol. The zero-order valence-corrected chi connectivity index (χ0v) is 28.4. The van der Waals surface area contributed by atoms with Crippen molar-refractivity contribution in [2.75, 3.05) is 0 Å². The summed E-state index contributed by atoms with van der Waals surface area (Å²) in [6.45, 7) is 6.65. The second-order valence-electron chi connectivity index (χ2n) is 13.5. The van der Waals surface area contributed by atoms with E-state index in [0.717, 1.165) is 33.2 Å². The van der Waals surface area contributed by atoms with Crippen molar-refractivity contribution in [3.63, 3.8) is 0 Å². The summed E-state index contributed by atoms with van der Waals surface area (Å²) in [4.78, 5) is 9.53. The van der Waals surface area contributed by atoms with E-state index in [1.165, 1.54) is 5.56 Å². The molecule has 9 rings (SSSR count). The number of para-hydroxylation sites is 5. The molecule has 0 saturated carbocycles. The van der Waals surface area contributed by atoms with Crippen molar-refractivity contribution in [3.05, 3.63) is 152 Å². The van der Waals surface area contributed by atoms with E-state index in [9.17, 15) is 0 Å². The van der Waals surface area contributed by atoms with Crippen LogP contribution in [0.15, 0.2) is 146 Å². The topological polar surface area (TPSA) is 72.6 Å². The normalized spacial score (nSPS) is 12.6. The van der Waals surface area contributed by atoms with Crippen molar-refractivity contribution >= 4 is 29.1 Å². The molecule has 9 heteroatoms. The summed E-state index contributed by atoms with van der Waals surface area (Å²) in [7, 11) is -0.854. The van der Waals surface area contributed by atoms with E-state index in [-0.39, 0.29) is 5.41 Å². The van der Waals surface area contributed by atoms with Crippen LogP contribution < -0.4 is 18.8 Å². The average Bonchev–Trinajstić information content (AvgIpc) is 3.75. The van der Waals surface area contributed by atoms with Crippen LogP contribution in [0.5, 0.6) is 34.5 Å². The van der Waals surface area contributed by atoms with Crippen LogP contribution in [0.3, 0.4) is 0 Å². The van der Waals surface area contributed by atoms with Crippen LogP contribution in [0.25, 0.3) is 39.0 Å². The second kappa shape index (κ2) is 12.1. The van der Waals surface area contributed by atoms with Crippen LogP contribution in [0.2, 0.25) is 0 Å². The zero-order chi connectivity index (χ0) is 34.5. The Morgan fingerprint density at radius 1 is 0.608 bits per heavy atom. The van der Waals surface area contributed by atoms with Crippen LogP contribution in [-0.2, 0) is 5.41 Å². The highest BCUT2D eigenvalue weighted by Gasteiger charge is 2.34. The van der Waals surface area contributed by atoms with Crippen LogP contribution in [0.4, 0.5) is 0 Å². The minimum Gasteiger partial charge on any atom is -0.503 e. The summed E-state index contributed by atoms with van der Waals surface area (Å²) in [6.07, 6.45) is 5.47. The zero-order valence-electron chi connectivity index (χ0n) is 28.4. The monoisotopic (exact) mass is 668 g/mol. The molecule has 1 aliphatic heterocycles. The van der Waals surface area contributed by atoms with Gasteiger partial charge < -0.3 is 18.8 Å². The molecule has 3 aromatic heterocycles. The fraction of sp³-hybridized carbons (Fsp3) is 0.0952. The molecular weight excluding hydrogens is 635 g/mol. The molecule has 0 unspecified atom stereocenters. The molecule has 1 aliphatic rings. The van der Waals surface area contributed by atoms with Gasteiger partial charge in [0.25, 0.3) is 0 Å². The summed E-state index contributed by atoms with van der Waals surface area (Å²) in [5, 5.41) is 2.29. The van der Waals surface area contributed by atoms with E-state index in [0.29, 0.717) is 40.3 Å². The molecule has 8 nitrogen and oxygen atoms in total. The summed E-state index contributed by atoms with van der Waals surface area (Å²) >= 11 is 0. The lowest BCUT2D eigenvalue weighted by molar-refractivity contribution is 0.351. The minimum atomic E-state index is -0.854. The Morgan fingerprint density at radius 2 is 1.29 bits per heavy atom. The van der Waals surface area contributed by atoms with Crippen molar-refractivity contribution in [1.29, 1.82) is 0 Å². The molecular formula is C42H33BN4O4. The van der Waals surface area contributed by atoms with E-state index in [1.807, 2.05) is 95.7 Å². The first kappa shape index (κ1) is 30.6. The maximum atomic E-state index is 6.56. The molecule has 0 spiro atoms. The van der Waals surface area contributed by atoms with E-state index >= 15 is 0 Å². The van der Waals surface area contributed by atoms with Gasteiger partial charge in [-0.2, -0.15) is 0 Å². The lowest BCUT2D eigenvalue weighted by Gasteiger charge is -2.24. The molecule has 248 valence electrons. The molecule has 0 N–H and O–H groups in total. The van der Waals surface area contributed by atoms with E-state index < -0.39 is 7.25 Å². The van der Waals surface area contributed by atoms with Crippen LogP contribution in [-0.4, -0.2) is 26.3 Å². The smallest absolute Gasteiger partial charge is 0.503 e. The van der Waals surface area contributed by atoms with Gasteiger partial charge in [-0.25, -0.2) is 9.97 Å². The maximum Gasteiger partial charge on any atom is 0.744 e. The number of rotatable bonds is 5. The molecule has 0 saturated heterocycles. The first-order valence-corrected chi connectivity index (χ1v) is 16.9. The highest BCUT2D eigenvalue weighted by Crippen LogP contribution is 2.40. The van der Waals surface area contributed by atoms with Gasteiger partial charge in [-0.15, -0.1) is 0 Å². The predicted octanol–water partition coefficient (Wildman–Crippen LogP) is 10.2. The number of ether oxygens (including phenoxy) is 2. The average molecular weight is 669 g/mol. The molecule has 0 radical (unpaired) electrons. The van der Waals surface area contributed by atoms with Crippen LogP contribution in [0, 0.1) is 0 Å². The molecule has 8 aromatic rings. The minimum absolute atomic E-state index is 0.0123. The SMILES string of the molecule is CC(C)(C)c1ccnc(-n2c3ccccc3c3ccc(Oc4cccc(-c5nccn5B5Oc6ccccc6Oc6ccccc6O5)c4)cc32)c1.